The van der Waals surface area contributed by atoms with Gasteiger partial charge in [-0.1, -0.05) is 0 Å². The van der Waals surface area contributed by atoms with Crippen molar-refractivity contribution in [3.05, 3.63) is 18.2 Å². The van der Waals surface area contributed by atoms with Gasteiger partial charge in [-0.05, 0) is 44.4 Å². The van der Waals surface area contributed by atoms with Crippen molar-refractivity contribution in [3.63, 3.8) is 0 Å². The molecule has 120 valence electrons. The van der Waals surface area contributed by atoms with E-state index in [1.54, 1.807) is 7.11 Å². The second-order valence-corrected chi connectivity index (χ2v) is 6.45. The molecule has 1 aromatic rings. The standard InChI is InChI=1S/C17H25N3O2/c1-11-8-14(10-20(11)15-5-6-15)19-16-9-13(18-12(2)21)4-7-17(16)22-3/h4,7,9,11,14-15,19H,5-6,8,10H2,1-3H3,(H,18,21)/t11-,14-/m0/s1. The fourth-order valence-electron chi connectivity index (χ4n) is 3.40. The summed E-state index contributed by atoms with van der Waals surface area (Å²) in [7, 11) is 1.67. The topological polar surface area (TPSA) is 53.6 Å². The number of likely N-dealkylation sites (tertiary alicyclic amines) is 1. The highest BCUT2D eigenvalue weighted by atomic mass is 16.5. The number of carbonyl (C=O) groups excluding carboxylic acids is 1. The van der Waals surface area contributed by atoms with E-state index in [4.69, 9.17) is 4.74 Å². The van der Waals surface area contributed by atoms with Gasteiger partial charge in [0.05, 0.1) is 12.8 Å². The Morgan fingerprint density at radius 1 is 1.36 bits per heavy atom. The number of nitrogens with one attached hydrogen (secondary N) is 2. The molecule has 1 aliphatic carbocycles. The second kappa shape index (κ2) is 6.16. The highest BCUT2D eigenvalue weighted by Crippen LogP contribution is 2.35. The number of benzene rings is 1. The summed E-state index contributed by atoms with van der Waals surface area (Å²) in [4.78, 5) is 13.8. The lowest BCUT2D eigenvalue weighted by atomic mass is 10.1. The molecule has 0 bridgehead atoms. The van der Waals surface area contributed by atoms with Gasteiger partial charge in [0.1, 0.15) is 5.75 Å². The van der Waals surface area contributed by atoms with E-state index in [0.717, 1.165) is 36.1 Å². The first kappa shape index (κ1) is 15.2. The summed E-state index contributed by atoms with van der Waals surface area (Å²) in [6.45, 7) is 4.91. The maximum absolute atomic E-state index is 11.2. The third kappa shape index (κ3) is 3.35. The smallest absolute Gasteiger partial charge is 0.221 e. The predicted molar refractivity (Wildman–Crippen MR) is 88.5 cm³/mol. The Morgan fingerprint density at radius 2 is 2.14 bits per heavy atom. The zero-order chi connectivity index (χ0) is 15.7. The van der Waals surface area contributed by atoms with Crippen LogP contribution in [0.15, 0.2) is 18.2 Å². The molecule has 1 saturated heterocycles. The first-order valence-corrected chi connectivity index (χ1v) is 8.04. The molecule has 22 heavy (non-hydrogen) atoms. The largest absolute Gasteiger partial charge is 0.495 e. The first-order chi connectivity index (χ1) is 10.6. The van der Waals surface area contributed by atoms with Gasteiger partial charge in [0.2, 0.25) is 5.91 Å². The molecule has 5 heteroatoms. The SMILES string of the molecule is COc1ccc(NC(C)=O)cc1N[C@H]1C[C@H](C)N(C2CC2)C1. The number of carbonyl (C=O) groups is 1. The van der Waals surface area contributed by atoms with E-state index in [2.05, 4.69) is 22.5 Å². The summed E-state index contributed by atoms with van der Waals surface area (Å²) in [6, 6.07) is 7.56. The van der Waals surface area contributed by atoms with Crippen LogP contribution in [0.5, 0.6) is 5.75 Å². The number of anilines is 2. The quantitative estimate of drug-likeness (QED) is 0.878. The highest BCUT2D eigenvalue weighted by molar-refractivity contribution is 5.89. The number of hydrogen-bond acceptors (Lipinski definition) is 4. The van der Waals surface area contributed by atoms with Crippen molar-refractivity contribution < 1.29 is 9.53 Å². The van der Waals surface area contributed by atoms with Crippen LogP contribution in [0.4, 0.5) is 11.4 Å². The van der Waals surface area contributed by atoms with E-state index >= 15 is 0 Å². The van der Waals surface area contributed by atoms with Crippen LogP contribution < -0.4 is 15.4 Å². The average molecular weight is 303 g/mol. The van der Waals surface area contributed by atoms with E-state index in [9.17, 15) is 4.79 Å². The molecule has 1 saturated carbocycles. The molecule has 1 aromatic carbocycles. The van der Waals surface area contributed by atoms with Crippen molar-refractivity contribution in [2.75, 3.05) is 24.3 Å². The number of amides is 1. The summed E-state index contributed by atoms with van der Waals surface area (Å²) in [6.07, 6.45) is 3.83. The van der Waals surface area contributed by atoms with Gasteiger partial charge in [-0.3, -0.25) is 9.69 Å². The molecule has 2 atom stereocenters. The van der Waals surface area contributed by atoms with Gasteiger partial charge < -0.3 is 15.4 Å². The molecule has 0 aromatic heterocycles. The molecule has 2 aliphatic rings. The number of ether oxygens (including phenoxy) is 1. The zero-order valence-electron chi connectivity index (χ0n) is 13.6. The van der Waals surface area contributed by atoms with E-state index < -0.39 is 0 Å². The predicted octanol–water partition coefficient (Wildman–Crippen LogP) is 2.69. The Morgan fingerprint density at radius 3 is 2.77 bits per heavy atom. The van der Waals surface area contributed by atoms with Gasteiger partial charge in [-0.15, -0.1) is 0 Å². The molecule has 1 aliphatic heterocycles. The molecule has 2 fully saturated rings. The number of nitrogens with zero attached hydrogens (tertiary/aromatic N) is 1. The molecule has 0 spiro atoms. The van der Waals surface area contributed by atoms with Gasteiger partial charge in [0.15, 0.2) is 0 Å². The van der Waals surface area contributed by atoms with Crippen LogP contribution in [0, 0.1) is 0 Å². The molecule has 2 N–H and O–H groups in total. The Balaban J connectivity index is 1.71. The summed E-state index contributed by atoms with van der Waals surface area (Å²) >= 11 is 0. The maximum Gasteiger partial charge on any atom is 0.221 e. The lowest BCUT2D eigenvalue weighted by molar-refractivity contribution is -0.114. The van der Waals surface area contributed by atoms with E-state index in [1.807, 2.05) is 18.2 Å². The molecule has 5 nitrogen and oxygen atoms in total. The molecule has 1 heterocycles. The molecule has 3 rings (SSSR count). The van der Waals surface area contributed by atoms with Crippen LogP contribution >= 0.6 is 0 Å². The van der Waals surface area contributed by atoms with Crippen LogP contribution in [0.25, 0.3) is 0 Å². The summed E-state index contributed by atoms with van der Waals surface area (Å²) in [5, 5.41) is 6.42. The first-order valence-electron chi connectivity index (χ1n) is 8.04. The highest BCUT2D eigenvalue weighted by Gasteiger charge is 2.38. The zero-order valence-corrected chi connectivity index (χ0v) is 13.6. The third-order valence-corrected chi connectivity index (χ3v) is 4.52. The minimum Gasteiger partial charge on any atom is -0.495 e. The fourth-order valence-corrected chi connectivity index (χ4v) is 3.40. The van der Waals surface area contributed by atoms with Gasteiger partial charge in [-0.2, -0.15) is 0 Å². The van der Waals surface area contributed by atoms with Crippen molar-refractivity contribution in [2.24, 2.45) is 0 Å². The molecule has 0 radical (unpaired) electrons. The van der Waals surface area contributed by atoms with Crippen molar-refractivity contribution in [3.8, 4) is 5.75 Å². The Bertz CT molecular complexity index is 557. The summed E-state index contributed by atoms with van der Waals surface area (Å²) in [5.41, 5.74) is 1.74. The Hall–Kier alpha value is -1.75. The number of hydrogen-bond donors (Lipinski definition) is 2. The molecular formula is C17H25N3O2. The normalized spacial score (nSPS) is 25.0. The van der Waals surface area contributed by atoms with Crippen molar-refractivity contribution in [1.82, 2.24) is 4.90 Å². The van der Waals surface area contributed by atoms with Crippen LogP contribution in [0.1, 0.15) is 33.1 Å². The molecular weight excluding hydrogens is 278 g/mol. The minimum absolute atomic E-state index is 0.0643. The Kier molecular flexibility index (Phi) is 4.25. The summed E-state index contributed by atoms with van der Waals surface area (Å²) in [5.74, 6) is 0.747. The second-order valence-electron chi connectivity index (χ2n) is 6.45. The van der Waals surface area contributed by atoms with Gasteiger partial charge in [0.25, 0.3) is 0 Å². The molecule has 0 unspecified atom stereocenters. The number of methoxy groups -OCH3 is 1. The van der Waals surface area contributed by atoms with Gasteiger partial charge in [-0.25, -0.2) is 0 Å². The monoisotopic (exact) mass is 303 g/mol. The van der Waals surface area contributed by atoms with Crippen LogP contribution in [0.2, 0.25) is 0 Å². The maximum atomic E-state index is 11.2. The fraction of sp³-hybridized carbons (Fsp3) is 0.588. The summed E-state index contributed by atoms with van der Waals surface area (Å²) < 4.78 is 5.44. The van der Waals surface area contributed by atoms with Crippen LogP contribution in [-0.2, 0) is 4.79 Å². The average Bonchev–Trinajstić information content (AvgIpc) is 3.23. The van der Waals surface area contributed by atoms with E-state index in [-0.39, 0.29) is 5.91 Å². The van der Waals surface area contributed by atoms with Crippen molar-refractivity contribution in [2.45, 2.75) is 51.2 Å². The minimum atomic E-state index is -0.0643. The van der Waals surface area contributed by atoms with Gasteiger partial charge in [0, 0.05) is 37.3 Å². The lowest BCUT2D eigenvalue weighted by Crippen LogP contribution is -2.31. The molecule has 1 amide bonds. The van der Waals surface area contributed by atoms with E-state index in [0.29, 0.717) is 12.1 Å². The number of rotatable bonds is 5. The third-order valence-electron chi connectivity index (χ3n) is 4.52. The lowest BCUT2D eigenvalue weighted by Gasteiger charge is -2.20. The van der Waals surface area contributed by atoms with Crippen molar-refractivity contribution in [1.29, 1.82) is 0 Å². The van der Waals surface area contributed by atoms with E-state index in [1.165, 1.54) is 19.8 Å². The van der Waals surface area contributed by atoms with Crippen LogP contribution in [0.3, 0.4) is 0 Å². The van der Waals surface area contributed by atoms with Gasteiger partial charge >= 0.3 is 0 Å². The van der Waals surface area contributed by atoms with Crippen LogP contribution in [-0.4, -0.2) is 42.6 Å². The van der Waals surface area contributed by atoms with Crippen molar-refractivity contribution >= 4 is 17.3 Å². The Labute approximate surface area is 132 Å².